The molecule has 1 rings (SSSR count). The van der Waals surface area contributed by atoms with Crippen LogP contribution in [0, 0.1) is 0 Å². The zero-order chi connectivity index (χ0) is 7.07. The van der Waals surface area contributed by atoms with E-state index < -0.39 is 20.6 Å². The molecule has 0 aromatic carbocycles. The van der Waals surface area contributed by atoms with Crippen molar-refractivity contribution in [3.63, 3.8) is 0 Å². The van der Waals surface area contributed by atoms with Gasteiger partial charge in [-0.25, -0.2) is 22.4 Å². The minimum absolute atomic E-state index is 2.57. The van der Waals surface area contributed by atoms with Gasteiger partial charge in [0.2, 0.25) is 0 Å². The second kappa shape index (κ2) is 1.97. The molecule has 1 fully saturated rings. The first-order chi connectivity index (χ1) is 4.01. The van der Waals surface area contributed by atoms with Crippen molar-refractivity contribution in [2.45, 2.75) is 12.7 Å². The topological polar surface area (TPSA) is 35.5 Å². The average molecular weight is 162 g/mol. The molecule has 1 aliphatic heterocycles. The number of hydrogen-bond acceptors (Lipinski definition) is 3. The predicted octanol–water partition coefficient (Wildman–Crippen LogP) is 1.70. The molecule has 1 heterocycles. The van der Waals surface area contributed by atoms with Crippen molar-refractivity contribution in [3.05, 3.63) is 0 Å². The van der Waals surface area contributed by atoms with Crippen molar-refractivity contribution in [3.8, 4) is 0 Å². The first-order valence-electron chi connectivity index (χ1n) is 1.96. The van der Waals surface area contributed by atoms with Crippen LogP contribution in [0.25, 0.3) is 0 Å². The molecule has 9 heavy (non-hydrogen) atoms. The van der Waals surface area contributed by atoms with Gasteiger partial charge >= 0.3 is 7.91 Å². The Balaban J connectivity index is 2.65. The lowest BCUT2D eigenvalue weighted by Crippen LogP contribution is -2.09. The summed E-state index contributed by atoms with van der Waals surface area (Å²) in [4.78, 5) is 0. The molecular weight excluding hydrogens is 160 g/mol. The SMILES string of the molecule is O=P1(F)OC(F)C(F)O1. The molecule has 0 radical (unpaired) electrons. The maximum Gasteiger partial charge on any atom is 0.518 e. The summed E-state index contributed by atoms with van der Waals surface area (Å²) in [5.41, 5.74) is 0. The molecule has 2 unspecified atom stereocenters. The van der Waals surface area contributed by atoms with Crippen LogP contribution in [0.2, 0.25) is 0 Å². The van der Waals surface area contributed by atoms with Crippen LogP contribution in [0.4, 0.5) is 13.0 Å². The van der Waals surface area contributed by atoms with Gasteiger partial charge in [0.1, 0.15) is 0 Å². The van der Waals surface area contributed by atoms with E-state index in [-0.39, 0.29) is 0 Å². The largest absolute Gasteiger partial charge is 0.518 e. The molecule has 0 N–H and O–H groups in total. The summed E-state index contributed by atoms with van der Waals surface area (Å²) in [7, 11) is -4.91. The van der Waals surface area contributed by atoms with Gasteiger partial charge in [0, 0.05) is 0 Å². The van der Waals surface area contributed by atoms with E-state index in [4.69, 9.17) is 0 Å². The van der Waals surface area contributed by atoms with Gasteiger partial charge in [-0.1, -0.05) is 0 Å². The van der Waals surface area contributed by atoms with Crippen molar-refractivity contribution in [2.75, 3.05) is 0 Å². The van der Waals surface area contributed by atoms with Gasteiger partial charge in [-0.15, -0.1) is 4.20 Å². The smallest absolute Gasteiger partial charge is 0.242 e. The van der Waals surface area contributed by atoms with E-state index in [0.29, 0.717) is 0 Å². The molecule has 0 spiro atoms. The Morgan fingerprint density at radius 3 is 1.67 bits per heavy atom. The first kappa shape index (κ1) is 7.05. The predicted molar refractivity (Wildman–Crippen MR) is 20.7 cm³/mol. The monoisotopic (exact) mass is 162 g/mol. The lowest BCUT2D eigenvalue weighted by Gasteiger charge is -1.92. The molecule has 1 aliphatic rings. The first-order valence-corrected chi connectivity index (χ1v) is 3.39. The Morgan fingerprint density at radius 2 is 1.56 bits per heavy atom. The van der Waals surface area contributed by atoms with Gasteiger partial charge in [0.15, 0.2) is 0 Å². The summed E-state index contributed by atoms with van der Waals surface area (Å²) in [5.74, 6) is 0. The Hall–Kier alpha value is -0.0600. The van der Waals surface area contributed by atoms with E-state index >= 15 is 0 Å². The van der Waals surface area contributed by atoms with Gasteiger partial charge in [-0.2, -0.15) is 0 Å². The van der Waals surface area contributed by atoms with Crippen LogP contribution in [-0.4, -0.2) is 12.7 Å². The van der Waals surface area contributed by atoms with Crippen LogP contribution in [-0.2, 0) is 13.6 Å². The minimum atomic E-state index is -4.91. The molecule has 54 valence electrons. The highest BCUT2D eigenvalue weighted by molar-refractivity contribution is 7.48. The van der Waals surface area contributed by atoms with E-state index in [1.807, 2.05) is 0 Å². The molecule has 0 saturated carbocycles. The van der Waals surface area contributed by atoms with E-state index in [1.165, 1.54) is 0 Å². The highest BCUT2D eigenvalue weighted by atomic mass is 31.2. The number of hydrogen-bond donors (Lipinski definition) is 0. The Morgan fingerprint density at radius 1 is 1.22 bits per heavy atom. The van der Waals surface area contributed by atoms with Crippen molar-refractivity contribution < 1.29 is 26.6 Å². The molecule has 1 saturated heterocycles. The van der Waals surface area contributed by atoms with Gasteiger partial charge < -0.3 is 0 Å². The summed E-state index contributed by atoms with van der Waals surface area (Å²) in [6, 6.07) is 0. The van der Waals surface area contributed by atoms with Crippen molar-refractivity contribution in [1.29, 1.82) is 0 Å². The Labute approximate surface area is 48.4 Å². The number of rotatable bonds is 0. The van der Waals surface area contributed by atoms with Gasteiger partial charge in [0.25, 0.3) is 12.7 Å². The summed E-state index contributed by atoms with van der Waals surface area (Å²) < 4.78 is 51.5. The van der Waals surface area contributed by atoms with Crippen molar-refractivity contribution in [1.82, 2.24) is 0 Å². The van der Waals surface area contributed by atoms with Crippen LogP contribution < -0.4 is 0 Å². The van der Waals surface area contributed by atoms with E-state index in [0.717, 1.165) is 0 Å². The van der Waals surface area contributed by atoms with Crippen LogP contribution in [0.5, 0.6) is 0 Å². The second-order valence-corrected chi connectivity index (χ2v) is 2.63. The fourth-order valence-electron chi connectivity index (χ4n) is 0.361. The molecule has 0 bridgehead atoms. The quantitative estimate of drug-likeness (QED) is 0.508. The summed E-state index contributed by atoms with van der Waals surface area (Å²) >= 11 is 0. The fraction of sp³-hybridized carbons (Fsp3) is 1.00. The zero-order valence-electron chi connectivity index (χ0n) is 3.96. The molecule has 2 atom stereocenters. The van der Waals surface area contributed by atoms with Crippen molar-refractivity contribution >= 4 is 7.91 Å². The third-order valence-electron chi connectivity index (χ3n) is 0.659. The van der Waals surface area contributed by atoms with Gasteiger partial charge in [-0.3, -0.25) is 0 Å². The third kappa shape index (κ3) is 1.44. The van der Waals surface area contributed by atoms with Gasteiger partial charge in [0.05, 0.1) is 0 Å². The van der Waals surface area contributed by atoms with Crippen LogP contribution in [0.1, 0.15) is 0 Å². The summed E-state index contributed by atoms with van der Waals surface area (Å²) in [6.45, 7) is 0. The van der Waals surface area contributed by atoms with Crippen molar-refractivity contribution in [2.24, 2.45) is 0 Å². The van der Waals surface area contributed by atoms with E-state index in [1.54, 1.807) is 0 Å². The number of alkyl halides is 2. The lowest BCUT2D eigenvalue weighted by molar-refractivity contribution is -0.0349. The second-order valence-electron chi connectivity index (χ2n) is 1.34. The third-order valence-corrected chi connectivity index (χ3v) is 1.57. The molecule has 0 aliphatic carbocycles. The summed E-state index contributed by atoms with van der Waals surface area (Å²) in [6.07, 6.45) is -5.14. The standard InChI is InChI=1S/C2H2F3O3P/c3-1-2(4)8-9(5,6)7-1/h1-2H. The maximum absolute atomic E-state index is 11.7. The molecule has 0 aromatic heterocycles. The molecule has 0 amide bonds. The molecule has 7 heteroatoms. The zero-order valence-corrected chi connectivity index (χ0v) is 4.85. The fourth-order valence-corrected chi connectivity index (χ4v) is 1.08. The van der Waals surface area contributed by atoms with E-state index in [2.05, 4.69) is 9.05 Å². The van der Waals surface area contributed by atoms with Crippen LogP contribution in [0.3, 0.4) is 0 Å². The highest BCUT2D eigenvalue weighted by Crippen LogP contribution is 2.58. The maximum atomic E-state index is 11.7. The highest BCUT2D eigenvalue weighted by Gasteiger charge is 2.46. The molecule has 3 nitrogen and oxygen atoms in total. The Bertz CT molecular complexity index is 147. The van der Waals surface area contributed by atoms with Crippen LogP contribution >= 0.6 is 7.91 Å². The normalized spacial score (nSPS) is 51.9. The lowest BCUT2D eigenvalue weighted by atomic mass is 10.7. The average Bonchev–Trinajstić information content (AvgIpc) is 1.79. The molecular formula is C2H2F3O3P. The molecule has 0 aromatic rings. The Kier molecular flexibility index (Phi) is 1.54. The van der Waals surface area contributed by atoms with E-state index in [9.17, 15) is 17.5 Å². The number of halogens is 3. The van der Waals surface area contributed by atoms with Crippen LogP contribution in [0.15, 0.2) is 0 Å². The minimum Gasteiger partial charge on any atom is -0.242 e. The summed E-state index contributed by atoms with van der Waals surface area (Å²) in [5, 5.41) is 0. The van der Waals surface area contributed by atoms with Gasteiger partial charge in [-0.05, 0) is 0 Å².